The van der Waals surface area contributed by atoms with Gasteiger partial charge >= 0.3 is 0 Å². The van der Waals surface area contributed by atoms with Crippen molar-refractivity contribution in [2.45, 2.75) is 44.2 Å². The molecule has 2 fully saturated rings. The van der Waals surface area contributed by atoms with Crippen molar-refractivity contribution < 1.29 is 4.79 Å². The minimum atomic E-state index is -0.416. The van der Waals surface area contributed by atoms with Gasteiger partial charge in [0.2, 0.25) is 5.91 Å². The van der Waals surface area contributed by atoms with E-state index < -0.39 is 6.04 Å². The third-order valence-electron chi connectivity index (χ3n) is 5.08. The third-order valence-corrected chi connectivity index (χ3v) is 5.08. The lowest BCUT2D eigenvalue weighted by atomic mass is 10.1. The van der Waals surface area contributed by atoms with Crippen LogP contribution in [0.4, 0.5) is 0 Å². The molecule has 0 radical (unpaired) electrons. The highest BCUT2D eigenvalue weighted by Gasteiger charge is 2.29. The lowest BCUT2D eigenvalue weighted by Gasteiger charge is -2.38. The zero-order valence-electron chi connectivity index (χ0n) is 13.3. The molecule has 4 nitrogen and oxygen atoms in total. The molecule has 1 heterocycles. The molecule has 120 valence electrons. The molecule has 22 heavy (non-hydrogen) atoms. The quantitative estimate of drug-likeness (QED) is 0.920. The molecule has 1 unspecified atom stereocenters. The van der Waals surface area contributed by atoms with E-state index in [-0.39, 0.29) is 5.91 Å². The summed E-state index contributed by atoms with van der Waals surface area (Å²) in [5.41, 5.74) is 7.26. The van der Waals surface area contributed by atoms with Crippen molar-refractivity contribution in [2.24, 2.45) is 5.73 Å². The van der Waals surface area contributed by atoms with Crippen molar-refractivity contribution in [1.82, 2.24) is 9.80 Å². The maximum Gasteiger partial charge on any atom is 0.239 e. The summed E-state index contributed by atoms with van der Waals surface area (Å²) < 4.78 is 0. The maximum absolute atomic E-state index is 12.5. The van der Waals surface area contributed by atoms with Crippen molar-refractivity contribution in [2.75, 3.05) is 26.2 Å². The van der Waals surface area contributed by atoms with Gasteiger partial charge in [-0.3, -0.25) is 9.69 Å². The average Bonchev–Trinajstić information content (AvgIpc) is 3.10. The molecule has 1 aromatic rings. The summed E-state index contributed by atoms with van der Waals surface area (Å²) in [6, 6.07) is 10.4. The number of hydrogen-bond acceptors (Lipinski definition) is 3. The van der Waals surface area contributed by atoms with E-state index >= 15 is 0 Å². The SMILES string of the molecule is NC(Cc1ccccc1)C(=O)N1CCN(C2CCCC2)CC1. The van der Waals surface area contributed by atoms with Crippen molar-refractivity contribution in [3.8, 4) is 0 Å². The third kappa shape index (κ3) is 3.68. The number of hydrogen-bond donors (Lipinski definition) is 1. The van der Waals surface area contributed by atoms with Crippen LogP contribution in [-0.4, -0.2) is 54.0 Å². The number of amides is 1. The summed E-state index contributed by atoms with van der Waals surface area (Å²) in [4.78, 5) is 17.0. The fourth-order valence-corrected chi connectivity index (χ4v) is 3.77. The molecule has 3 rings (SSSR count). The fourth-order valence-electron chi connectivity index (χ4n) is 3.77. The standard InChI is InChI=1S/C18H27N3O/c19-17(14-15-6-2-1-3-7-15)18(22)21-12-10-20(11-13-21)16-8-4-5-9-16/h1-3,6-7,16-17H,4-5,8-14,19H2. The molecule has 0 spiro atoms. The maximum atomic E-state index is 12.5. The van der Waals surface area contributed by atoms with Crippen molar-refractivity contribution >= 4 is 5.91 Å². The van der Waals surface area contributed by atoms with Crippen LogP contribution in [0.2, 0.25) is 0 Å². The van der Waals surface area contributed by atoms with Crippen LogP contribution in [0.25, 0.3) is 0 Å². The highest BCUT2D eigenvalue weighted by Crippen LogP contribution is 2.24. The molecule has 1 aliphatic heterocycles. The normalized spacial score (nSPS) is 22.0. The highest BCUT2D eigenvalue weighted by atomic mass is 16.2. The van der Waals surface area contributed by atoms with Gasteiger partial charge in [-0.05, 0) is 24.8 Å². The molecule has 0 bridgehead atoms. The van der Waals surface area contributed by atoms with Gasteiger partial charge in [-0.15, -0.1) is 0 Å². The number of nitrogens with zero attached hydrogens (tertiary/aromatic N) is 2. The van der Waals surface area contributed by atoms with Crippen LogP contribution in [0.1, 0.15) is 31.2 Å². The Hall–Kier alpha value is -1.39. The first-order chi connectivity index (χ1) is 10.7. The first-order valence-electron chi connectivity index (χ1n) is 8.56. The van der Waals surface area contributed by atoms with Crippen LogP contribution in [0.15, 0.2) is 30.3 Å². The minimum Gasteiger partial charge on any atom is -0.339 e. The first-order valence-corrected chi connectivity index (χ1v) is 8.56. The summed E-state index contributed by atoms with van der Waals surface area (Å²) in [5, 5.41) is 0. The summed E-state index contributed by atoms with van der Waals surface area (Å²) >= 11 is 0. The van der Waals surface area contributed by atoms with E-state index in [0.717, 1.165) is 37.8 Å². The lowest BCUT2D eigenvalue weighted by molar-refractivity contribution is -0.134. The molecule has 1 aliphatic carbocycles. The smallest absolute Gasteiger partial charge is 0.239 e. The van der Waals surface area contributed by atoms with E-state index in [0.29, 0.717) is 6.42 Å². The van der Waals surface area contributed by atoms with E-state index in [2.05, 4.69) is 4.90 Å². The Morgan fingerprint density at radius 3 is 2.36 bits per heavy atom. The number of rotatable bonds is 4. The molecule has 0 aromatic heterocycles. The van der Waals surface area contributed by atoms with Gasteiger partial charge < -0.3 is 10.6 Å². The van der Waals surface area contributed by atoms with Gasteiger partial charge in [-0.2, -0.15) is 0 Å². The number of carbonyl (C=O) groups excluding carboxylic acids is 1. The van der Waals surface area contributed by atoms with Gasteiger partial charge in [0.25, 0.3) is 0 Å². The molecule has 1 atom stereocenters. The molecule has 2 N–H and O–H groups in total. The second-order valence-electron chi connectivity index (χ2n) is 6.60. The average molecular weight is 301 g/mol. The number of carbonyl (C=O) groups is 1. The largest absolute Gasteiger partial charge is 0.339 e. The highest BCUT2D eigenvalue weighted by molar-refractivity contribution is 5.82. The Morgan fingerprint density at radius 1 is 1.09 bits per heavy atom. The Balaban J connectivity index is 1.48. The van der Waals surface area contributed by atoms with Crippen molar-refractivity contribution in [3.05, 3.63) is 35.9 Å². The topological polar surface area (TPSA) is 49.6 Å². The Kier molecular flexibility index (Phi) is 5.11. The van der Waals surface area contributed by atoms with E-state index in [4.69, 9.17) is 5.73 Å². The van der Waals surface area contributed by atoms with Crippen LogP contribution in [0.5, 0.6) is 0 Å². The summed E-state index contributed by atoms with van der Waals surface area (Å²) in [7, 11) is 0. The van der Waals surface area contributed by atoms with Crippen LogP contribution in [-0.2, 0) is 11.2 Å². The fraction of sp³-hybridized carbons (Fsp3) is 0.611. The second kappa shape index (κ2) is 7.25. The molecule has 1 amide bonds. The van der Waals surface area contributed by atoms with Crippen LogP contribution in [0, 0.1) is 0 Å². The van der Waals surface area contributed by atoms with Gasteiger partial charge in [0.1, 0.15) is 0 Å². The van der Waals surface area contributed by atoms with E-state index in [1.54, 1.807) is 0 Å². The first kappa shape index (κ1) is 15.5. The Morgan fingerprint density at radius 2 is 1.73 bits per heavy atom. The zero-order chi connectivity index (χ0) is 15.4. The second-order valence-corrected chi connectivity index (χ2v) is 6.60. The van der Waals surface area contributed by atoms with E-state index in [9.17, 15) is 4.79 Å². The minimum absolute atomic E-state index is 0.106. The molecule has 2 aliphatic rings. The molecule has 1 saturated heterocycles. The summed E-state index contributed by atoms with van der Waals surface area (Å²) in [5.74, 6) is 0.106. The lowest BCUT2D eigenvalue weighted by Crippen LogP contribution is -2.55. The number of piperazine rings is 1. The molecular weight excluding hydrogens is 274 g/mol. The van der Waals surface area contributed by atoms with Crippen LogP contribution >= 0.6 is 0 Å². The number of nitrogens with two attached hydrogens (primary N) is 1. The Bertz CT molecular complexity index is 476. The number of benzene rings is 1. The van der Waals surface area contributed by atoms with Crippen LogP contribution in [0.3, 0.4) is 0 Å². The molecule has 1 aromatic carbocycles. The van der Waals surface area contributed by atoms with Crippen LogP contribution < -0.4 is 5.73 Å². The Labute approximate surface area is 133 Å². The van der Waals surface area contributed by atoms with Gasteiger partial charge in [0, 0.05) is 32.2 Å². The van der Waals surface area contributed by atoms with E-state index in [1.165, 1.54) is 25.7 Å². The monoisotopic (exact) mass is 301 g/mol. The van der Waals surface area contributed by atoms with Gasteiger partial charge in [0.05, 0.1) is 6.04 Å². The van der Waals surface area contributed by atoms with Gasteiger partial charge in [-0.1, -0.05) is 43.2 Å². The zero-order valence-corrected chi connectivity index (χ0v) is 13.3. The summed E-state index contributed by atoms with van der Waals surface area (Å²) in [6.07, 6.45) is 6.03. The molecular formula is C18H27N3O. The van der Waals surface area contributed by atoms with Crippen molar-refractivity contribution in [3.63, 3.8) is 0 Å². The molecule has 4 heteroatoms. The van der Waals surface area contributed by atoms with Gasteiger partial charge in [0.15, 0.2) is 0 Å². The molecule has 1 saturated carbocycles. The van der Waals surface area contributed by atoms with E-state index in [1.807, 2.05) is 35.2 Å². The summed E-state index contributed by atoms with van der Waals surface area (Å²) in [6.45, 7) is 3.68. The predicted molar refractivity (Wildman–Crippen MR) is 88.5 cm³/mol. The predicted octanol–water partition coefficient (Wildman–Crippen LogP) is 1.64. The van der Waals surface area contributed by atoms with Crippen molar-refractivity contribution in [1.29, 1.82) is 0 Å². The van der Waals surface area contributed by atoms with Gasteiger partial charge in [-0.25, -0.2) is 0 Å².